The molecule has 1 heterocycles. The zero-order chi connectivity index (χ0) is 22.3. The summed E-state index contributed by atoms with van der Waals surface area (Å²) in [5.74, 6) is -0.955. The molecular weight excluding hydrogens is 388 g/mol. The van der Waals surface area contributed by atoms with Gasteiger partial charge in [0.25, 0.3) is 5.91 Å². The Morgan fingerprint density at radius 1 is 1.10 bits per heavy atom. The van der Waals surface area contributed by atoms with Crippen LogP contribution in [0.4, 0.5) is 0 Å². The number of hydrogen-bond acceptors (Lipinski definition) is 6. The minimum absolute atomic E-state index is 0.124. The summed E-state index contributed by atoms with van der Waals surface area (Å²) in [5.41, 5.74) is 2.43. The van der Waals surface area contributed by atoms with E-state index in [0.29, 0.717) is 23.4 Å². The van der Waals surface area contributed by atoms with E-state index in [1.54, 1.807) is 27.7 Å². The van der Waals surface area contributed by atoms with Crippen LogP contribution in [0.25, 0.3) is 0 Å². The molecule has 1 aromatic heterocycles. The maximum absolute atomic E-state index is 12.3. The van der Waals surface area contributed by atoms with Crippen LogP contribution in [0.15, 0.2) is 24.3 Å². The summed E-state index contributed by atoms with van der Waals surface area (Å²) in [7, 11) is 0. The minimum Gasteiger partial charge on any atom is -0.492 e. The van der Waals surface area contributed by atoms with Crippen molar-refractivity contribution in [1.29, 1.82) is 0 Å². The summed E-state index contributed by atoms with van der Waals surface area (Å²) >= 11 is 0. The quantitative estimate of drug-likeness (QED) is 0.481. The van der Waals surface area contributed by atoms with Gasteiger partial charge in [-0.15, -0.1) is 0 Å². The van der Waals surface area contributed by atoms with Crippen LogP contribution in [0, 0.1) is 20.8 Å². The van der Waals surface area contributed by atoms with Gasteiger partial charge in [0.15, 0.2) is 6.61 Å². The minimum atomic E-state index is -0.717. The van der Waals surface area contributed by atoms with Crippen LogP contribution < -0.4 is 10.1 Å². The van der Waals surface area contributed by atoms with E-state index in [1.165, 1.54) is 0 Å². The molecule has 2 N–H and O–H groups in total. The average molecular weight is 416 g/mol. The third-order valence-corrected chi connectivity index (χ3v) is 4.21. The maximum Gasteiger partial charge on any atom is 0.355 e. The molecule has 162 valence electrons. The Kier molecular flexibility index (Phi) is 8.03. The predicted octanol–water partition coefficient (Wildman–Crippen LogP) is 2.86. The molecule has 0 aliphatic carbocycles. The molecular formula is C22H28N2O6. The summed E-state index contributed by atoms with van der Waals surface area (Å²) in [6.45, 7) is 8.87. The molecule has 0 spiro atoms. The zero-order valence-corrected chi connectivity index (χ0v) is 18.0. The molecule has 1 amide bonds. The van der Waals surface area contributed by atoms with Gasteiger partial charge >= 0.3 is 11.9 Å². The summed E-state index contributed by atoms with van der Waals surface area (Å²) in [6.07, 6.45) is -0.278. The van der Waals surface area contributed by atoms with Crippen LogP contribution in [0.3, 0.4) is 0 Å². The van der Waals surface area contributed by atoms with E-state index in [9.17, 15) is 14.4 Å². The Morgan fingerprint density at radius 2 is 1.83 bits per heavy atom. The highest BCUT2D eigenvalue weighted by Crippen LogP contribution is 2.20. The SMILES string of the molecule is Cc1cccc(OCCNC(=O)COC(=O)c2[nH]c(C)c(C(=O)OC(C)C)c2C)c1. The van der Waals surface area contributed by atoms with Crippen LogP contribution in [-0.4, -0.2) is 48.7 Å². The lowest BCUT2D eigenvalue weighted by Gasteiger charge is -2.09. The van der Waals surface area contributed by atoms with Crippen molar-refractivity contribution in [3.63, 3.8) is 0 Å². The van der Waals surface area contributed by atoms with Crippen LogP contribution in [0.1, 0.15) is 51.5 Å². The summed E-state index contributed by atoms with van der Waals surface area (Å²) in [5, 5.41) is 2.62. The van der Waals surface area contributed by atoms with Gasteiger partial charge in [0, 0.05) is 5.69 Å². The fourth-order valence-electron chi connectivity index (χ4n) is 2.85. The van der Waals surface area contributed by atoms with Crippen molar-refractivity contribution in [2.45, 2.75) is 40.7 Å². The normalized spacial score (nSPS) is 10.6. The third kappa shape index (κ3) is 6.37. The molecule has 1 aromatic carbocycles. The number of nitrogens with one attached hydrogen (secondary N) is 2. The van der Waals surface area contributed by atoms with Crippen molar-refractivity contribution in [3.05, 3.63) is 52.3 Å². The molecule has 0 atom stereocenters. The van der Waals surface area contributed by atoms with Gasteiger partial charge in [-0.05, 0) is 57.9 Å². The van der Waals surface area contributed by atoms with Crippen molar-refractivity contribution < 1.29 is 28.6 Å². The molecule has 2 rings (SSSR count). The average Bonchev–Trinajstić information content (AvgIpc) is 2.97. The molecule has 0 aliphatic heterocycles. The Morgan fingerprint density at radius 3 is 2.50 bits per heavy atom. The first-order valence-corrected chi connectivity index (χ1v) is 9.72. The first kappa shape index (κ1) is 23.0. The number of ether oxygens (including phenoxy) is 3. The number of benzene rings is 1. The molecule has 30 heavy (non-hydrogen) atoms. The predicted molar refractivity (Wildman–Crippen MR) is 111 cm³/mol. The molecule has 0 unspecified atom stereocenters. The number of esters is 2. The Bertz CT molecular complexity index is 916. The highest BCUT2D eigenvalue weighted by molar-refractivity contribution is 5.99. The topological polar surface area (TPSA) is 107 Å². The first-order chi connectivity index (χ1) is 14.2. The highest BCUT2D eigenvalue weighted by Gasteiger charge is 2.24. The number of carbonyl (C=O) groups is 3. The van der Waals surface area contributed by atoms with Gasteiger partial charge in [-0.3, -0.25) is 4.79 Å². The zero-order valence-electron chi connectivity index (χ0n) is 18.0. The van der Waals surface area contributed by atoms with E-state index in [0.717, 1.165) is 11.3 Å². The largest absolute Gasteiger partial charge is 0.492 e. The van der Waals surface area contributed by atoms with Gasteiger partial charge in [0.05, 0.1) is 18.2 Å². The van der Waals surface area contributed by atoms with Crippen molar-refractivity contribution in [2.24, 2.45) is 0 Å². The second-order valence-electron chi connectivity index (χ2n) is 7.17. The van der Waals surface area contributed by atoms with Crippen LogP contribution in [0.2, 0.25) is 0 Å². The Balaban J connectivity index is 1.81. The van der Waals surface area contributed by atoms with E-state index >= 15 is 0 Å². The van der Waals surface area contributed by atoms with Crippen molar-refractivity contribution in [3.8, 4) is 5.75 Å². The number of aromatic nitrogens is 1. The van der Waals surface area contributed by atoms with E-state index in [4.69, 9.17) is 14.2 Å². The lowest BCUT2D eigenvalue weighted by molar-refractivity contribution is -0.124. The van der Waals surface area contributed by atoms with E-state index in [1.807, 2.05) is 31.2 Å². The molecule has 0 saturated heterocycles. The molecule has 8 heteroatoms. The Labute approximate surface area is 175 Å². The summed E-state index contributed by atoms with van der Waals surface area (Å²) in [4.78, 5) is 39.3. The summed E-state index contributed by atoms with van der Waals surface area (Å²) < 4.78 is 15.8. The smallest absolute Gasteiger partial charge is 0.355 e. The number of amides is 1. The van der Waals surface area contributed by atoms with Gasteiger partial charge < -0.3 is 24.5 Å². The lowest BCUT2D eigenvalue weighted by atomic mass is 10.1. The second-order valence-corrected chi connectivity index (χ2v) is 7.17. The Hall–Kier alpha value is -3.29. The van der Waals surface area contributed by atoms with Crippen molar-refractivity contribution >= 4 is 17.8 Å². The highest BCUT2D eigenvalue weighted by atomic mass is 16.5. The molecule has 0 saturated carbocycles. The lowest BCUT2D eigenvalue weighted by Crippen LogP contribution is -2.32. The van der Waals surface area contributed by atoms with Gasteiger partial charge in [-0.1, -0.05) is 12.1 Å². The monoisotopic (exact) mass is 416 g/mol. The molecule has 0 fully saturated rings. The second kappa shape index (κ2) is 10.5. The first-order valence-electron chi connectivity index (χ1n) is 9.72. The fourth-order valence-corrected chi connectivity index (χ4v) is 2.85. The fraction of sp³-hybridized carbons (Fsp3) is 0.409. The number of hydrogen-bond donors (Lipinski definition) is 2. The number of aryl methyl sites for hydroxylation is 2. The standard InChI is InChI=1S/C22H28N2O6/c1-13(2)30-21(26)19-15(4)20(24-16(19)5)22(27)29-12-18(25)23-9-10-28-17-8-6-7-14(3)11-17/h6-8,11,13,24H,9-10,12H2,1-5H3,(H,23,25). The number of rotatable bonds is 9. The molecule has 0 bridgehead atoms. The number of carbonyl (C=O) groups excluding carboxylic acids is 3. The van der Waals surface area contributed by atoms with Gasteiger partial charge in [-0.2, -0.15) is 0 Å². The summed E-state index contributed by atoms with van der Waals surface area (Å²) in [6, 6.07) is 7.59. The van der Waals surface area contributed by atoms with Gasteiger partial charge in [0.2, 0.25) is 0 Å². The molecule has 0 aliphatic rings. The third-order valence-electron chi connectivity index (χ3n) is 4.21. The van der Waals surface area contributed by atoms with Crippen LogP contribution in [0.5, 0.6) is 5.75 Å². The number of aromatic amines is 1. The maximum atomic E-state index is 12.3. The van der Waals surface area contributed by atoms with Gasteiger partial charge in [0.1, 0.15) is 18.1 Å². The van der Waals surface area contributed by atoms with Crippen LogP contribution >= 0.6 is 0 Å². The molecule has 2 aromatic rings. The van der Waals surface area contributed by atoms with Gasteiger partial charge in [-0.25, -0.2) is 9.59 Å². The van der Waals surface area contributed by atoms with Crippen LogP contribution in [-0.2, 0) is 14.3 Å². The van der Waals surface area contributed by atoms with Crippen molar-refractivity contribution in [2.75, 3.05) is 19.8 Å². The van der Waals surface area contributed by atoms with Crippen molar-refractivity contribution in [1.82, 2.24) is 10.3 Å². The molecule has 8 nitrogen and oxygen atoms in total. The van der Waals surface area contributed by atoms with E-state index < -0.39 is 24.5 Å². The molecule has 0 radical (unpaired) electrons. The number of H-pyrrole nitrogens is 1. The van der Waals surface area contributed by atoms with E-state index in [-0.39, 0.29) is 18.3 Å². The van der Waals surface area contributed by atoms with E-state index in [2.05, 4.69) is 10.3 Å².